The second-order valence-corrected chi connectivity index (χ2v) is 11.6. The van der Waals surface area contributed by atoms with E-state index in [2.05, 4.69) is 20.4 Å². The Kier molecular flexibility index (Phi) is 8.34. The van der Waals surface area contributed by atoms with E-state index in [4.69, 9.17) is 21.5 Å². The number of nitrogens with zero attached hydrogens (tertiary/aromatic N) is 5. The highest BCUT2D eigenvalue weighted by Gasteiger charge is 2.53. The fourth-order valence-corrected chi connectivity index (χ4v) is 6.59. The van der Waals surface area contributed by atoms with Crippen LogP contribution in [0.3, 0.4) is 0 Å². The van der Waals surface area contributed by atoms with Gasteiger partial charge in [-0.05, 0) is 0 Å². The monoisotopic (exact) mass is 631 g/mol. The number of aliphatic carboxylic acids is 1. The number of nitrogens with two attached hydrogens (primary N) is 2. The van der Waals surface area contributed by atoms with Crippen molar-refractivity contribution >= 4 is 74.1 Å². The maximum atomic E-state index is 13.2. The summed E-state index contributed by atoms with van der Waals surface area (Å²) in [5.74, 6) is -3.44. The van der Waals surface area contributed by atoms with Crippen molar-refractivity contribution in [1.29, 1.82) is 0 Å². The Balaban J connectivity index is 1.31. The normalized spacial score (nSPS) is 18.3. The van der Waals surface area contributed by atoms with Crippen LogP contribution in [0.2, 0.25) is 0 Å². The summed E-state index contributed by atoms with van der Waals surface area (Å²) in [7, 11) is 0. The molecule has 5 heterocycles. The van der Waals surface area contributed by atoms with Gasteiger partial charge in [-0.2, -0.15) is 0 Å². The van der Waals surface area contributed by atoms with Gasteiger partial charge in [-0.3, -0.25) is 24.5 Å². The van der Waals surface area contributed by atoms with Crippen LogP contribution in [0.1, 0.15) is 21.7 Å². The third-order valence-electron chi connectivity index (χ3n) is 6.07. The molecule has 42 heavy (non-hydrogen) atoms. The van der Waals surface area contributed by atoms with Crippen molar-refractivity contribution in [2.45, 2.75) is 24.6 Å². The van der Waals surface area contributed by atoms with E-state index in [1.54, 1.807) is 9.95 Å². The number of oxime groups is 1. The Labute approximate surface area is 248 Å². The van der Waals surface area contributed by atoms with Crippen molar-refractivity contribution in [3.63, 3.8) is 0 Å². The number of pyridine rings is 1. The molecule has 0 saturated carbocycles. The minimum absolute atomic E-state index is 0.0728. The van der Waals surface area contributed by atoms with Gasteiger partial charge < -0.3 is 31.5 Å². The number of thioether (sulfide) groups is 1. The van der Waals surface area contributed by atoms with Crippen LogP contribution in [0.25, 0.3) is 0 Å². The molecule has 1 fully saturated rings. The molecule has 16 nitrogen and oxygen atoms in total. The molecular weight excluding hydrogens is 611 g/mol. The minimum atomic E-state index is -1.54. The van der Waals surface area contributed by atoms with Crippen LogP contribution in [0.4, 0.5) is 10.3 Å². The molecule has 5 rings (SSSR count). The fourth-order valence-electron chi connectivity index (χ4n) is 4.15. The Hall–Kier alpha value is -4.59. The number of β-lactam (4-membered cyclic amide) rings is 1. The zero-order valence-corrected chi connectivity index (χ0v) is 23.7. The number of thiazole rings is 2. The Morgan fingerprint density at radius 1 is 1.19 bits per heavy atom. The standard InChI is InChI=1S/C23H21N9O7S3/c24-22-26-12(8-41-22)6-39-30-14(13-9-42-23(25)27-13)18(34)28-15-19(35)32-16(21(36)37)11(7-40-20(15)32)5-31-3-1-10(2-4-31)17(33)29-38/h1-4,8-9,15,20H,5-7H2,(H7-,24,25,26,27,28,29,30,33,34,36,37,38)/t15?,20-/m0/s1. The van der Waals surface area contributed by atoms with E-state index < -0.39 is 35.1 Å². The van der Waals surface area contributed by atoms with E-state index in [1.807, 2.05) is 0 Å². The first-order valence-corrected chi connectivity index (χ1v) is 14.7. The Morgan fingerprint density at radius 2 is 1.90 bits per heavy atom. The number of hydroxylamine groups is 1. The van der Waals surface area contributed by atoms with Gasteiger partial charge in [0.05, 0.1) is 22.9 Å². The predicted molar refractivity (Wildman–Crippen MR) is 147 cm³/mol. The van der Waals surface area contributed by atoms with Gasteiger partial charge in [-0.25, -0.2) is 20.0 Å². The average molecular weight is 632 g/mol. The van der Waals surface area contributed by atoms with E-state index in [-0.39, 0.29) is 46.7 Å². The Morgan fingerprint density at radius 3 is 2.52 bits per heavy atom. The molecule has 2 aliphatic rings. The SMILES string of the molecule is Nc1nc(CO/N=C(\C(=O)NC2C(=O)N3C(C(=O)[O-])=C(C[n+]4ccc(C(=O)NO)cc4)CS[C@@H]23)c2csc(N)n2)cs1. The molecule has 19 heteroatoms. The summed E-state index contributed by atoms with van der Waals surface area (Å²) in [6.45, 7) is 0.0194. The minimum Gasteiger partial charge on any atom is -0.543 e. The zero-order chi connectivity index (χ0) is 30.0. The molecule has 0 aliphatic carbocycles. The second-order valence-electron chi connectivity index (χ2n) is 8.76. The van der Waals surface area contributed by atoms with Gasteiger partial charge in [0.2, 0.25) is 0 Å². The van der Waals surface area contributed by atoms with Crippen LogP contribution in [0, 0.1) is 0 Å². The number of hydrogen-bond acceptors (Lipinski definition) is 15. The van der Waals surface area contributed by atoms with E-state index in [1.165, 1.54) is 58.5 Å². The largest absolute Gasteiger partial charge is 0.543 e. The van der Waals surface area contributed by atoms with Gasteiger partial charge in [0.15, 0.2) is 41.5 Å². The lowest BCUT2D eigenvalue weighted by Gasteiger charge is -2.50. The van der Waals surface area contributed by atoms with E-state index in [9.17, 15) is 24.3 Å². The summed E-state index contributed by atoms with van der Waals surface area (Å²) < 4.78 is 1.61. The smallest absolute Gasteiger partial charge is 0.276 e. The highest BCUT2D eigenvalue weighted by molar-refractivity contribution is 8.00. The van der Waals surface area contributed by atoms with Crippen LogP contribution >= 0.6 is 34.4 Å². The lowest BCUT2D eigenvalue weighted by atomic mass is 10.0. The summed E-state index contributed by atoms with van der Waals surface area (Å²) in [5, 5.41) is 30.4. The third kappa shape index (κ3) is 5.88. The number of rotatable bonds is 10. The van der Waals surface area contributed by atoms with Gasteiger partial charge in [0, 0.05) is 34.2 Å². The molecule has 7 N–H and O–H groups in total. The molecule has 0 bridgehead atoms. The van der Waals surface area contributed by atoms with Crippen LogP contribution in [-0.4, -0.2) is 66.6 Å². The maximum absolute atomic E-state index is 13.2. The molecule has 1 saturated heterocycles. The summed E-state index contributed by atoms with van der Waals surface area (Å²) in [6.07, 6.45) is 3.06. The number of anilines is 2. The van der Waals surface area contributed by atoms with Gasteiger partial charge in [0.1, 0.15) is 17.1 Å². The number of hydrogen-bond donors (Lipinski definition) is 5. The zero-order valence-electron chi connectivity index (χ0n) is 21.3. The highest BCUT2D eigenvalue weighted by atomic mass is 32.2. The summed E-state index contributed by atoms with van der Waals surface area (Å²) >= 11 is 3.56. The molecule has 2 atom stereocenters. The average Bonchev–Trinajstić information content (AvgIpc) is 3.60. The molecule has 3 aromatic heterocycles. The third-order valence-corrected chi connectivity index (χ3v) is 8.81. The Bertz CT molecular complexity index is 1620. The van der Waals surface area contributed by atoms with Crippen molar-refractivity contribution in [2.75, 3.05) is 17.2 Å². The molecule has 3 aromatic rings. The summed E-state index contributed by atoms with van der Waals surface area (Å²) in [4.78, 5) is 64.6. The van der Waals surface area contributed by atoms with Gasteiger partial charge in [0.25, 0.3) is 17.7 Å². The van der Waals surface area contributed by atoms with Crippen LogP contribution in [0.15, 0.2) is 51.7 Å². The lowest BCUT2D eigenvalue weighted by Crippen LogP contribution is -2.71. The second kappa shape index (κ2) is 12.1. The van der Waals surface area contributed by atoms with Gasteiger partial charge >= 0.3 is 0 Å². The number of carboxylic acid groups (broad SMARTS) is 1. The first kappa shape index (κ1) is 28.9. The van der Waals surface area contributed by atoms with E-state index >= 15 is 0 Å². The van der Waals surface area contributed by atoms with Crippen molar-refractivity contribution in [2.24, 2.45) is 5.16 Å². The number of aromatic nitrogens is 3. The van der Waals surface area contributed by atoms with Crippen LogP contribution < -0.4 is 31.9 Å². The number of nitrogens with one attached hydrogen (secondary N) is 2. The summed E-state index contributed by atoms with van der Waals surface area (Å²) in [5.41, 5.74) is 13.6. The molecule has 0 aromatic carbocycles. The summed E-state index contributed by atoms with van der Waals surface area (Å²) in [6, 6.07) is 1.83. The van der Waals surface area contributed by atoms with E-state index in [0.717, 1.165) is 16.2 Å². The number of carbonyl (C=O) groups is 4. The number of fused-ring (bicyclic) bond motifs is 1. The first-order valence-electron chi connectivity index (χ1n) is 11.9. The number of carboxylic acids is 1. The molecule has 218 valence electrons. The molecule has 3 amide bonds. The number of amides is 3. The van der Waals surface area contributed by atoms with Crippen LogP contribution in [-0.2, 0) is 32.4 Å². The molecule has 0 radical (unpaired) electrons. The van der Waals surface area contributed by atoms with Crippen molar-refractivity contribution < 1.29 is 38.9 Å². The van der Waals surface area contributed by atoms with Crippen molar-refractivity contribution in [3.05, 3.63) is 63.5 Å². The van der Waals surface area contributed by atoms with Gasteiger partial charge in [-0.1, -0.05) is 5.16 Å². The van der Waals surface area contributed by atoms with E-state index in [0.29, 0.717) is 16.4 Å². The highest BCUT2D eigenvalue weighted by Crippen LogP contribution is 2.40. The number of carbonyl (C=O) groups excluding carboxylic acids is 4. The fraction of sp³-hybridized carbons (Fsp3) is 0.217. The molecule has 0 spiro atoms. The molecular formula is C23H21N9O7S3. The lowest BCUT2D eigenvalue weighted by molar-refractivity contribution is -0.689. The maximum Gasteiger partial charge on any atom is 0.276 e. The topological polar surface area (TPSA) is 242 Å². The van der Waals surface area contributed by atoms with Crippen LogP contribution in [0.5, 0.6) is 0 Å². The molecule has 1 unspecified atom stereocenters. The quantitative estimate of drug-likeness (QED) is 0.0547. The van der Waals surface area contributed by atoms with Crippen molar-refractivity contribution in [3.8, 4) is 0 Å². The van der Waals surface area contributed by atoms with Gasteiger partial charge in [-0.15, -0.1) is 34.4 Å². The first-order chi connectivity index (χ1) is 20.2. The molecule has 2 aliphatic heterocycles. The number of nitrogen functional groups attached to an aromatic ring is 2. The van der Waals surface area contributed by atoms with Crippen molar-refractivity contribution in [1.82, 2.24) is 25.7 Å². The predicted octanol–water partition coefficient (Wildman–Crippen LogP) is -1.80.